The molecule has 5 nitrogen and oxygen atoms in total. The maximum atomic E-state index is 10.5. The number of methoxy groups -OCH3 is 1. The van der Waals surface area contributed by atoms with Crippen LogP contribution in [0.25, 0.3) is 0 Å². The van der Waals surface area contributed by atoms with Gasteiger partial charge in [0.1, 0.15) is 35.8 Å². The number of nitriles is 1. The number of aliphatic hydroxyl groups excluding tert-OH is 1. The SMILES string of the molecule is COc1cccc(C[C@@H]2CCCN2CC(O)COc2cccc(Cl)c2C#N)c1. The molecule has 2 aromatic rings. The maximum Gasteiger partial charge on any atom is 0.138 e. The highest BCUT2D eigenvalue weighted by atomic mass is 35.5. The Labute approximate surface area is 171 Å². The first-order valence-corrected chi connectivity index (χ1v) is 9.85. The highest BCUT2D eigenvalue weighted by Gasteiger charge is 2.26. The van der Waals surface area contributed by atoms with Gasteiger partial charge in [0.15, 0.2) is 0 Å². The summed E-state index contributed by atoms with van der Waals surface area (Å²) in [6.45, 7) is 1.63. The van der Waals surface area contributed by atoms with Crippen molar-refractivity contribution < 1.29 is 14.6 Å². The summed E-state index contributed by atoms with van der Waals surface area (Å²) in [5, 5.41) is 20.0. The number of ether oxygens (including phenoxy) is 2. The second kappa shape index (κ2) is 9.79. The van der Waals surface area contributed by atoms with Crippen LogP contribution in [0, 0.1) is 11.3 Å². The summed E-state index contributed by atoms with van der Waals surface area (Å²) >= 11 is 6.02. The third kappa shape index (κ3) is 5.17. The van der Waals surface area contributed by atoms with Crippen LogP contribution < -0.4 is 9.47 Å². The minimum atomic E-state index is -0.642. The van der Waals surface area contributed by atoms with Crippen LogP contribution in [-0.4, -0.2) is 49.0 Å². The second-order valence-electron chi connectivity index (χ2n) is 7.04. The summed E-state index contributed by atoms with van der Waals surface area (Å²) in [6, 6.07) is 15.6. The van der Waals surface area contributed by atoms with E-state index < -0.39 is 6.10 Å². The molecule has 0 amide bonds. The highest BCUT2D eigenvalue weighted by molar-refractivity contribution is 6.31. The summed E-state index contributed by atoms with van der Waals surface area (Å²) in [5.74, 6) is 1.27. The van der Waals surface area contributed by atoms with E-state index in [4.69, 9.17) is 21.1 Å². The van der Waals surface area contributed by atoms with Crippen LogP contribution in [0.15, 0.2) is 42.5 Å². The van der Waals surface area contributed by atoms with Crippen molar-refractivity contribution in [3.63, 3.8) is 0 Å². The van der Waals surface area contributed by atoms with Crippen molar-refractivity contribution in [1.29, 1.82) is 5.26 Å². The third-order valence-corrected chi connectivity index (χ3v) is 5.38. The van der Waals surface area contributed by atoms with E-state index in [0.717, 1.165) is 31.6 Å². The van der Waals surface area contributed by atoms with Crippen molar-refractivity contribution in [1.82, 2.24) is 4.90 Å². The molecular weight excluding hydrogens is 376 g/mol. The molecule has 2 aromatic carbocycles. The van der Waals surface area contributed by atoms with Crippen LogP contribution in [-0.2, 0) is 6.42 Å². The lowest BCUT2D eigenvalue weighted by atomic mass is 10.0. The Hall–Kier alpha value is -2.26. The van der Waals surface area contributed by atoms with Gasteiger partial charge in [0.05, 0.1) is 12.1 Å². The van der Waals surface area contributed by atoms with Crippen molar-refractivity contribution >= 4 is 11.6 Å². The standard InChI is InChI=1S/C22H25ClN2O3/c1-27-19-7-2-5-16(12-19)11-17-6-4-10-25(17)14-18(26)15-28-22-9-3-8-21(23)20(22)13-24/h2-3,5,7-9,12,17-18,26H,4,6,10-11,14-15H2,1H3/t17-,18?/m0/s1. The number of halogens is 1. The van der Waals surface area contributed by atoms with Gasteiger partial charge in [0.25, 0.3) is 0 Å². The number of hydrogen-bond donors (Lipinski definition) is 1. The van der Waals surface area contributed by atoms with Crippen molar-refractivity contribution in [2.24, 2.45) is 0 Å². The Balaban J connectivity index is 1.55. The van der Waals surface area contributed by atoms with Crippen LogP contribution in [0.1, 0.15) is 24.0 Å². The minimum absolute atomic E-state index is 0.122. The van der Waals surface area contributed by atoms with Gasteiger partial charge in [-0.25, -0.2) is 0 Å². The van der Waals surface area contributed by atoms with Crippen LogP contribution >= 0.6 is 11.6 Å². The van der Waals surface area contributed by atoms with Gasteiger partial charge in [-0.15, -0.1) is 0 Å². The Bertz CT molecular complexity index is 837. The van der Waals surface area contributed by atoms with Crippen LogP contribution in [0.5, 0.6) is 11.5 Å². The molecule has 148 valence electrons. The van der Waals surface area contributed by atoms with E-state index in [9.17, 15) is 10.4 Å². The van der Waals surface area contributed by atoms with E-state index in [2.05, 4.69) is 17.0 Å². The van der Waals surface area contributed by atoms with E-state index in [1.54, 1.807) is 25.3 Å². The fraction of sp³-hybridized carbons (Fsp3) is 0.409. The van der Waals surface area contributed by atoms with Crippen molar-refractivity contribution in [2.45, 2.75) is 31.4 Å². The lowest BCUT2D eigenvalue weighted by Gasteiger charge is -2.27. The molecule has 0 aliphatic carbocycles. The topological polar surface area (TPSA) is 65.7 Å². The number of hydrogen-bond acceptors (Lipinski definition) is 5. The zero-order chi connectivity index (χ0) is 19.9. The average molecular weight is 401 g/mol. The Morgan fingerprint density at radius 3 is 2.93 bits per heavy atom. The number of likely N-dealkylation sites (tertiary alicyclic amines) is 1. The molecule has 0 radical (unpaired) electrons. The van der Waals surface area contributed by atoms with E-state index in [-0.39, 0.29) is 6.61 Å². The summed E-state index contributed by atoms with van der Waals surface area (Å²) in [4.78, 5) is 2.32. The molecule has 1 unspecified atom stereocenters. The predicted octanol–water partition coefficient (Wildman–Crippen LogP) is 3.67. The highest BCUT2D eigenvalue weighted by Crippen LogP contribution is 2.26. The molecule has 1 heterocycles. The van der Waals surface area contributed by atoms with Gasteiger partial charge in [-0.3, -0.25) is 4.90 Å². The average Bonchev–Trinajstić information content (AvgIpc) is 3.13. The molecule has 1 aliphatic rings. The summed E-state index contributed by atoms with van der Waals surface area (Å²) in [5.41, 5.74) is 1.54. The lowest BCUT2D eigenvalue weighted by molar-refractivity contribution is 0.0638. The van der Waals surface area contributed by atoms with Crippen molar-refractivity contribution in [3.05, 3.63) is 58.6 Å². The first-order valence-electron chi connectivity index (χ1n) is 9.47. The zero-order valence-electron chi connectivity index (χ0n) is 16.0. The fourth-order valence-corrected chi connectivity index (χ4v) is 3.89. The van der Waals surface area contributed by atoms with Crippen LogP contribution in [0.4, 0.5) is 0 Å². The number of nitrogens with zero attached hydrogens (tertiary/aromatic N) is 2. The number of rotatable bonds is 8. The molecular formula is C22H25ClN2O3. The minimum Gasteiger partial charge on any atom is -0.497 e. The first kappa shape index (κ1) is 20.5. The number of aliphatic hydroxyl groups is 1. The van der Waals surface area contributed by atoms with Gasteiger partial charge in [0.2, 0.25) is 0 Å². The normalized spacial score (nSPS) is 17.9. The maximum absolute atomic E-state index is 10.5. The van der Waals surface area contributed by atoms with Gasteiger partial charge in [-0.1, -0.05) is 29.8 Å². The monoisotopic (exact) mass is 400 g/mol. The molecule has 0 bridgehead atoms. The van der Waals surface area contributed by atoms with Gasteiger partial charge >= 0.3 is 0 Å². The van der Waals surface area contributed by atoms with E-state index in [0.29, 0.717) is 28.9 Å². The zero-order valence-corrected chi connectivity index (χ0v) is 16.7. The molecule has 0 saturated carbocycles. The Morgan fingerprint density at radius 2 is 2.14 bits per heavy atom. The molecule has 1 fully saturated rings. The van der Waals surface area contributed by atoms with Gasteiger partial charge < -0.3 is 14.6 Å². The smallest absolute Gasteiger partial charge is 0.138 e. The molecule has 1 N–H and O–H groups in total. The van der Waals surface area contributed by atoms with Crippen LogP contribution in [0.3, 0.4) is 0 Å². The van der Waals surface area contributed by atoms with E-state index in [1.807, 2.05) is 18.2 Å². The predicted molar refractivity (Wildman–Crippen MR) is 109 cm³/mol. The molecule has 2 atom stereocenters. The van der Waals surface area contributed by atoms with Gasteiger partial charge in [-0.05, 0) is 55.6 Å². The molecule has 0 aromatic heterocycles. The molecule has 6 heteroatoms. The Morgan fingerprint density at radius 1 is 1.32 bits per heavy atom. The summed E-state index contributed by atoms with van der Waals surface area (Å²) in [7, 11) is 1.68. The molecule has 1 saturated heterocycles. The molecule has 3 rings (SSSR count). The summed E-state index contributed by atoms with van der Waals surface area (Å²) < 4.78 is 11.0. The number of benzene rings is 2. The lowest BCUT2D eigenvalue weighted by Crippen LogP contribution is -2.39. The van der Waals surface area contributed by atoms with E-state index >= 15 is 0 Å². The second-order valence-corrected chi connectivity index (χ2v) is 7.44. The quantitative estimate of drug-likeness (QED) is 0.732. The first-order chi connectivity index (χ1) is 13.6. The Kier molecular flexibility index (Phi) is 7.16. The summed E-state index contributed by atoms with van der Waals surface area (Å²) in [6.07, 6.45) is 2.51. The largest absolute Gasteiger partial charge is 0.497 e. The fourth-order valence-electron chi connectivity index (χ4n) is 3.68. The van der Waals surface area contributed by atoms with Crippen molar-refractivity contribution in [2.75, 3.05) is 26.8 Å². The van der Waals surface area contributed by atoms with Gasteiger partial charge in [-0.2, -0.15) is 5.26 Å². The molecule has 28 heavy (non-hydrogen) atoms. The van der Waals surface area contributed by atoms with Gasteiger partial charge in [0, 0.05) is 12.6 Å². The van der Waals surface area contributed by atoms with Crippen molar-refractivity contribution in [3.8, 4) is 17.6 Å². The van der Waals surface area contributed by atoms with Crippen LogP contribution in [0.2, 0.25) is 5.02 Å². The molecule has 0 spiro atoms. The number of β-amino-alcohol motifs (C(OH)–C–C–N with tert-alkyl or cyclic N) is 1. The third-order valence-electron chi connectivity index (χ3n) is 5.07. The van der Waals surface area contributed by atoms with E-state index in [1.165, 1.54) is 5.56 Å². The molecule has 1 aliphatic heterocycles.